The predicted molar refractivity (Wildman–Crippen MR) is 188 cm³/mol. The lowest BCUT2D eigenvalue weighted by molar-refractivity contribution is -0.342. The summed E-state index contributed by atoms with van der Waals surface area (Å²) in [4.78, 5) is 36.9. The Morgan fingerprint density at radius 2 is 1.81 bits per heavy atom. The van der Waals surface area contributed by atoms with Gasteiger partial charge in [0.1, 0.15) is 42.9 Å². The van der Waals surface area contributed by atoms with Crippen LogP contribution in [0.5, 0.6) is 17.2 Å². The van der Waals surface area contributed by atoms with E-state index in [0.29, 0.717) is 53.9 Å². The molecule has 0 bridgehead atoms. The van der Waals surface area contributed by atoms with E-state index in [1.807, 2.05) is 30.3 Å². The molecule has 1 spiro atoms. The van der Waals surface area contributed by atoms with E-state index < -0.39 is 66.4 Å². The number of hydrogen-bond acceptors (Lipinski definition) is 12. The quantitative estimate of drug-likeness (QED) is 0.159. The number of benzene rings is 3. The number of aliphatic carboxylic acids is 1. The number of aliphatic hydroxyl groups is 4. The minimum Gasteiger partial charge on any atom is -0.508 e. The van der Waals surface area contributed by atoms with Crippen molar-refractivity contribution in [2.75, 3.05) is 18.2 Å². The highest BCUT2D eigenvalue weighted by Gasteiger charge is 2.58. The molecule has 0 aromatic heterocycles. The van der Waals surface area contributed by atoms with Crippen LogP contribution in [0.15, 0.2) is 70.7 Å². The second kappa shape index (κ2) is 14.1. The van der Waals surface area contributed by atoms with Crippen LogP contribution in [0.4, 0.5) is 5.69 Å². The van der Waals surface area contributed by atoms with Gasteiger partial charge in [-0.25, -0.2) is 4.79 Å². The Kier molecular flexibility index (Phi) is 9.59. The van der Waals surface area contributed by atoms with Gasteiger partial charge in [-0.05, 0) is 60.2 Å². The molecule has 0 aliphatic carbocycles. The Morgan fingerprint density at radius 3 is 2.52 bits per heavy atom. The number of aliphatic imine (C=N–C) groups is 2. The van der Waals surface area contributed by atoms with Crippen molar-refractivity contribution in [3.63, 3.8) is 0 Å². The molecule has 0 saturated carbocycles. The van der Waals surface area contributed by atoms with E-state index in [9.17, 15) is 45.3 Å². The summed E-state index contributed by atoms with van der Waals surface area (Å²) in [7, 11) is 0. The summed E-state index contributed by atoms with van der Waals surface area (Å²) in [5, 5.41) is 74.3. The third-order valence-electron chi connectivity index (χ3n) is 10.3. The van der Waals surface area contributed by atoms with Gasteiger partial charge in [-0.1, -0.05) is 36.4 Å². The zero-order valence-corrected chi connectivity index (χ0v) is 27.9. The molecule has 1 amide bonds. The number of nitrogens with zero attached hydrogens (tertiary/aromatic N) is 3. The average molecular weight is 714 g/mol. The maximum Gasteiger partial charge on any atom is 0.327 e. The second-order valence-corrected chi connectivity index (χ2v) is 13.4. The number of aryl methyl sites for hydroxylation is 1. The number of carbonyl (C=O) groups excluding carboxylic acids is 1. The number of carboxylic acids is 1. The minimum absolute atomic E-state index is 0.00381. The van der Waals surface area contributed by atoms with E-state index in [-0.39, 0.29) is 30.0 Å². The number of hydrogen-bond donors (Lipinski definition) is 7. The third-order valence-corrected chi connectivity index (χ3v) is 10.3. The van der Waals surface area contributed by atoms with Crippen molar-refractivity contribution in [2.24, 2.45) is 9.98 Å². The summed E-state index contributed by atoms with van der Waals surface area (Å²) in [5.74, 6) is -5.13. The molecule has 14 heteroatoms. The van der Waals surface area contributed by atoms with Crippen LogP contribution in [0, 0.1) is 0 Å². The summed E-state index contributed by atoms with van der Waals surface area (Å²) in [6.45, 7) is -0.365. The number of carbonyl (C=O) groups is 2. The van der Waals surface area contributed by atoms with Crippen molar-refractivity contribution in [1.82, 2.24) is 0 Å². The molecule has 7 rings (SSSR count). The molecule has 0 radical (unpaired) electrons. The maximum atomic E-state index is 14.3. The van der Waals surface area contributed by atoms with Gasteiger partial charge in [0.05, 0.1) is 18.0 Å². The number of phenols is 2. The molecule has 14 nitrogen and oxygen atoms in total. The number of phenolic OH excluding ortho intramolecular Hbond substituents is 2. The zero-order valence-electron chi connectivity index (χ0n) is 27.9. The lowest BCUT2D eigenvalue weighted by Crippen LogP contribution is -2.68. The first-order valence-electron chi connectivity index (χ1n) is 17.0. The fourth-order valence-corrected chi connectivity index (χ4v) is 7.67. The molecule has 3 aromatic rings. The van der Waals surface area contributed by atoms with Crippen molar-refractivity contribution in [2.45, 2.75) is 74.3 Å². The summed E-state index contributed by atoms with van der Waals surface area (Å²) >= 11 is 0. The molecule has 4 aliphatic rings. The number of anilines is 1. The van der Waals surface area contributed by atoms with Crippen LogP contribution in [0.2, 0.25) is 0 Å². The number of carboxylic acid groups (broad SMARTS) is 1. The summed E-state index contributed by atoms with van der Waals surface area (Å²) in [6, 6.07) is 14.3. The molecule has 0 unspecified atom stereocenters. The topological polar surface area (TPSA) is 222 Å². The van der Waals surface area contributed by atoms with Gasteiger partial charge in [0, 0.05) is 42.2 Å². The summed E-state index contributed by atoms with van der Waals surface area (Å²) in [6.07, 6.45) is -1.01. The third kappa shape index (κ3) is 6.33. The van der Waals surface area contributed by atoms with E-state index in [1.165, 1.54) is 29.2 Å². The normalized spacial score (nSPS) is 27.8. The molecular weight excluding hydrogens is 674 g/mol. The van der Waals surface area contributed by atoms with Crippen molar-refractivity contribution in [3.05, 3.63) is 88.5 Å². The Bertz CT molecular complexity index is 1960. The van der Waals surface area contributed by atoms with Gasteiger partial charge in [0.25, 0.3) is 5.91 Å². The van der Waals surface area contributed by atoms with Crippen LogP contribution < -0.4 is 9.64 Å². The molecule has 52 heavy (non-hydrogen) atoms. The fraction of sp³-hybridized carbons (Fsp3) is 0.368. The first-order valence-corrected chi connectivity index (χ1v) is 17.0. The van der Waals surface area contributed by atoms with E-state index in [4.69, 9.17) is 9.47 Å². The van der Waals surface area contributed by atoms with Crippen LogP contribution in [0.3, 0.4) is 0 Å². The standard InChI is InChI=1S/C38H39N3O11/c42-18-29-33(46)34(47)36(48)38(51-29)13-12-25-31-26(16-28(44)35(25)52-38)24(9-6-20-4-2-1-3-5-20)32(37(49)50)41(31)30(45)11-8-21-7-10-27(43)22(14-21)15-23-17-39-19-40-23/h1-5,7-8,10-11,14,16-17,24,29,32-34,36,42-44,46-48H,6,9,12-13,15,18-19H2,(H,49,50)/b11-8+/t24-,29+,32+,33+,34-,36+,38-/m0/s1. The summed E-state index contributed by atoms with van der Waals surface area (Å²) in [5.41, 5.74) is 3.79. The maximum absolute atomic E-state index is 14.3. The van der Waals surface area contributed by atoms with Gasteiger partial charge in [0.2, 0.25) is 5.79 Å². The molecule has 4 heterocycles. The van der Waals surface area contributed by atoms with Crippen molar-refractivity contribution >= 4 is 35.6 Å². The molecule has 4 aliphatic heterocycles. The molecule has 1 saturated heterocycles. The monoisotopic (exact) mass is 713 g/mol. The number of rotatable bonds is 9. The van der Waals surface area contributed by atoms with Crippen molar-refractivity contribution in [1.29, 1.82) is 0 Å². The lowest BCUT2D eigenvalue weighted by Gasteiger charge is -2.50. The summed E-state index contributed by atoms with van der Waals surface area (Å²) < 4.78 is 11.9. The van der Waals surface area contributed by atoms with Crippen molar-refractivity contribution < 1.29 is 54.8 Å². The Morgan fingerprint density at radius 1 is 1.02 bits per heavy atom. The molecule has 7 atom stereocenters. The fourth-order valence-electron chi connectivity index (χ4n) is 7.67. The Hall–Kier alpha value is -5.12. The van der Waals surface area contributed by atoms with E-state index in [0.717, 1.165) is 5.56 Å². The highest BCUT2D eigenvalue weighted by atomic mass is 16.7. The minimum atomic E-state index is -1.97. The van der Waals surface area contributed by atoms with Crippen LogP contribution in [0.1, 0.15) is 46.6 Å². The van der Waals surface area contributed by atoms with Gasteiger partial charge >= 0.3 is 5.97 Å². The average Bonchev–Trinajstić information content (AvgIpc) is 3.78. The van der Waals surface area contributed by atoms with Crippen molar-refractivity contribution in [3.8, 4) is 17.2 Å². The first kappa shape index (κ1) is 35.3. The predicted octanol–water partition coefficient (Wildman–Crippen LogP) is 1.85. The number of aliphatic hydroxyl groups excluding tert-OH is 4. The highest BCUT2D eigenvalue weighted by molar-refractivity contribution is 6.32. The van der Waals surface area contributed by atoms with Crippen LogP contribution in [0.25, 0.3) is 6.08 Å². The van der Waals surface area contributed by atoms with Gasteiger partial charge in [0.15, 0.2) is 11.5 Å². The number of fused-ring (bicyclic) bond motifs is 3. The van der Waals surface area contributed by atoms with Gasteiger partial charge in [-0.15, -0.1) is 0 Å². The highest BCUT2D eigenvalue weighted by Crippen LogP contribution is 2.55. The van der Waals surface area contributed by atoms with E-state index in [2.05, 4.69) is 9.98 Å². The molecular formula is C38H39N3O11. The lowest BCUT2D eigenvalue weighted by atomic mass is 9.84. The Labute approximate surface area is 298 Å². The zero-order chi connectivity index (χ0) is 36.7. The van der Waals surface area contributed by atoms with Crippen LogP contribution >= 0.6 is 0 Å². The Balaban J connectivity index is 1.27. The van der Waals surface area contributed by atoms with Gasteiger partial charge in [-0.2, -0.15) is 0 Å². The van der Waals surface area contributed by atoms with E-state index in [1.54, 1.807) is 18.3 Å². The molecule has 272 valence electrons. The SMILES string of the molecule is O=C(O)[C@H]1[C@@H](CCc2ccccc2)c2cc(O)c3c(c2N1C(=O)/C=C/c1ccc(O)c(CC2=NCN=C2)c1)CC[C@@]1(O3)O[C@H](CO)[C@@H](O)[C@H](O)[C@H]1O. The number of ether oxygens (including phenoxy) is 2. The first-order chi connectivity index (χ1) is 25.0. The molecule has 1 fully saturated rings. The number of amides is 1. The van der Waals surface area contributed by atoms with Gasteiger partial charge in [-0.3, -0.25) is 19.7 Å². The largest absolute Gasteiger partial charge is 0.508 e. The smallest absolute Gasteiger partial charge is 0.327 e. The van der Waals surface area contributed by atoms with E-state index >= 15 is 0 Å². The van der Waals surface area contributed by atoms with Crippen LogP contribution in [-0.4, -0.2) is 109 Å². The second-order valence-electron chi connectivity index (χ2n) is 13.4. The number of aromatic hydroxyl groups is 2. The van der Waals surface area contributed by atoms with Crippen LogP contribution in [-0.2, 0) is 33.6 Å². The molecule has 3 aromatic carbocycles. The van der Waals surface area contributed by atoms with Gasteiger partial charge < -0.3 is 45.2 Å². The molecule has 7 N–H and O–H groups in total.